The van der Waals surface area contributed by atoms with Gasteiger partial charge in [-0.05, 0) is 44.0 Å². The van der Waals surface area contributed by atoms with Gasteiger partial charge in [-0.25, -0.2) is 0 Å². The Balaban J connectivity index is 2.36. The van der Waals surface area contributed by atoms with Crippen LogP contribution < -0.4 is 5.32 Å². The Morgan fingerprint density at radius 2 is 1.79 bits per heavy atom. The van der Waals surface area contributed by atoms with Crippen LogP contribution in [0.4, 0.5) is 0 Å². The molecule has 1 unspecified atom stereocenters. The summed E-state index contributed by atoms with van der Waals surface area (Å²) >= 11 is 0. The Labute approximate surface area is 115 Å². The molecule has 0 aliphatic rings. The minimum absolute atomic E-state index is 0.216. The lowest BCUT2D eigenvalue weighted by Gasteiger charge is -2.18. The highest BCUT2D eigenvalue weighted by molar-refractivity contribution is 5.35. The van der Waals surface area contributed by atoms with Gasteiger partial charge in [-0.2, -0.15) is 0 Å². The summed E-state index contributed by atoms with van der Waals surface area (Å²) in [5, 5.41) is 3.55. The summed E-state index contributed by atoms with van der Waals surface area (Å²) in [6.07, 6.45) is 1.08. The van der Waals surface area contributed by atoms with Crippen molar-refractivity contribution in [3.8, 4) is 0 Å². The molecule has 0 spiro atoms. The normalized spacial score (nSPS) is 12.6. The van der Waals surface area contributed by atoms with E-state index in [0.29, 0.717) is 0 Å². The highest BCUT2D eigenvalue weighted by Crippen LogP contribution is 2.27. The predicted octanol–water partition coefficient (Wildman–Crippen LogP) is 4.16. The zero-order chi connectivity index (χ0) is 13.8. The summed E-state index contributed by atoms with van der Waals surface area (Å²) < 4.78 is 5.67. The van der Waals surface area contributed by atoms with Crippen LogP contribution in [-0.4, -0.2) is 6.54 Å². The molecule has 102 valence electrons. The minimum atomic E-state index is 0.216. The highest BCUT2D eigenvalue weighted by Gasteiger charge is 2.18. The van der Waals surface area contributed by atoms with Gasteiger partial charge >= 0.3 is 0 Å². The third kappa shape index (κ3) is 3.07. The summed E-state index contributed by atoms with van der Waals surface area (Å²) in [6.45, 7) is 9.28. The summed E-state index contributed by atoms with van der Waals surface area (Å²) in [5.74, 6) is 1.98. The van der Waals surface area contributed by atoms with Crippen LogP contribution in [0.5, 0.6) is 0 Å². The first-order valence-electron chi connectivity index (χ1n) is 7.04. The Kier molecular flexibility index (Phi) is 4.43. The monoisotopic (exact) mass is 257 g/mol. The van der Waals surface area contributed by atoms with E-state index in [4.69, 9.17) is 4.42 Å². The largest absolute Gasteiger partial charge is 0.466 e. The maximum absolute atomic E-state index is 5.67. The van der Waals surface area contributed by atoms with Gasteiger partial charge in [0.2, 0.25) is 0 Å². The Bertz CT molecular complexity index is 525. The summed E-state index contributed by atoms with van der Waals surface area (Å²) in [4.78, 5) is 0. The predicted molar refractivity (Wildman–Crippen MR) is 79.5 cm³/mol. The van der Waals surface area contributed by atoms with Gasteiger partial charge in [0, 0.05) is 5.56 Å². The van der Waals surface area contributed by atoms with E-state index in [1.54, 1.807) is 0 Å². The molecule has 1 atom stereocenters. The van der Waals surface area contributed by atoms with Gasteiger partial charge in [-0.3, -0.25) is 0 Å². The highest BCUT2D eigenvalue weighted by atomic mass is 16.3. The molecular formula is C17H23NO. The van der Waals surface area contributed by atoms with Gasteiger partial charge in [-0.1, -0.05) is 38.1 Å². The van der Waals surface area contributed by atoms with Gasteiger partial charge in [0.05, 0.1) is 6.04 Å². The van der Waals surface area contributed by atoms with Crippen molar-refractivity contribution in [3.63, 3.8) is 0 Å². The molecule has 1 N–H and O–H groups in total. The zero-order valence-corrected chi connectivity index (χ0v) is 12.3. The third-order valence-corrected chi connectivity index (χ3v) is 3.52. The number of aryl methyl sites for hydroxylation is 3. The zero-order valence-electron chi connectivity index (χ0n) is 12.3. The fourth-order valence-corrected chi connectivity index (χ4v) is 2.49. The molecule has 2 aromatic rings. The van der Waals surface area contributed by atoms with Crippen LogP contribution >= 0.6 is 0 Å². The van der Waals surface area contributed by atoms with Gasteiger partial charge in [0.25, 0.3) is 0 Å². The van der Waals surface area contributed by atoms with E-state index >= 15 is 0 Å². The Hall–Kier alpha value is -1.54. The van der Waals surface area contributed by atoms with Crippen molar-refractivity contribution in [3.05, 3.63) is 58.5 Å². The summed E-state index contributed by atoms with van der Waals surface area (Å²) in [6, 6.07) is 11.2. The van der Waals surface area contributed by atoms with Gasteiger partial charge < -0.3 is 9.73 Å². The summed E-state index contributed by atoms with van der Waals surface area (Å²) in [5.41, 5.74) is 3.91. The Morgan fingerprint density at radius 1 is 1.11 bits per heavy atom. The average Bonchev–Trinajstić information content (AvgIpc) is 2.75. The molecule has 0 bridgehead atoms. The number of benzene rings is 1. The molecule has 2 heteroatoms. The van der Waals surface area contributed by atoms with Crippen molar-refractivity contribution >= 4 is 0 Å². The first kappa shape index (κ1) is 13.9. The Morgan fingerprint density at radius 3 is 2.26 bits per heavy atom. The van der Waals surface area contributed by atoms with Crippen molar-refractivity contribution in [1.29, 1.82) is 0 Å². The molecule has 2 rings (SSSR count). The maximum Gasteiger partial charge on any atom is 0.106 e. The fourth-order valence-electron chi connectivity index (χ4n) is 2.49. The van der Waals surface area contributed by atoms with Gasteiger partial charge in [0.1, 0.15) is 11.5 Å². The molecule has 0 fully saturated rings. The van der Waals surface area contributed by atoms with Crippen LogP contribution in [0.1, 0.15) is 48.1 Å². The van der Waals surface area contributed by atoms with Crippen LogP contribution in [0, 0.1) is 13.8 Å². The molecule has 1 heterocycles. The van der Waals surface area contributed by atoms with Crippen molar-refractivity contribution < 1.29 is 4.42 Å². The van der Waals surface area contributed by atoms with Crippen LogP contribution in [0.25, 0.3) is 0 Å². The second-order valence-corrected chi connectivity index (χ2v) is 4.95. The second kappa shape index (κ2) is 6.07. The SMILES string of the molecule is CCNC(c1ccc(CC)cc1)c1cc(C)oc1C. The lowest BCUT2D eigenvalue weighted by atomic mass is 9.97. The van der Waals surface area contributed by atoms with Gasteiger partial charge in [-0.15, -0.1) is 0 Å². The molecule has 0 aliphatic carbocycles. The smallest absolute Gasteiger partial charge is 0.106 e. The number of furan rings is 1. The van der Waals surface area contributed by atoms with Crippen LogP contribution in [-0.2, 0) is 6.42 Å². The number of hydrogen-bond acceptors (Lipinski definition) is 2. The van der Waals surface area contributed by atoms with E-state index < -0.39 is 0 Å². The molecule has 0 saturated carbocycles. The van der Waals surface area contributed by atoms with Gasteiger partial charge in [0.15, 0.2) is 0 Å². The van der Waals surface area contributed by atoms with E-state index in [-0.39, 0.29) is 6.04 Å². The van der Waals surface area contributed by atoms with Crippen molar-refractivity contribution in [2.75, 3.05) is 6.54 Å². The number of nitrogens with one attached hydrogen (secondary N) is 1. The molecule has 1 aromatic heterocycles. The molecule has 0 saturated heterocycles. The fraction of sp³-hybridized carbons (Fsp3) is 0.412. The first-order chi connectivity index (χ1) is 9.15. The van der Waals surface area contributed by atoms with E-state index in [9.17, 15) is 0 Å². The summed E-state index contributed by atoms with van der Waals surface area (Å²) in [7, 11) is 0. The molecule has 0 amide bonds. The number of hydrogen-bond donors (Lipinski definition) is 1. The molecule has 0 radical (unpaired) electrons. The molecule has 1 aromatic carbocycles. The standard InChI is InChI=1S/C17H23NO/c1-5-14-7-9-15(10-8-14)17(18-6-2)16-11-12(3)19-13(16)4/h7-11,17-18H,5-6H2,1-4H3. The molecular weight excluding hydrogens is 234 g/mol. The number of rotatable bonds is 5. The van der Waals surface area contributed by atoms with E-state index in [1.807, 2.05) is 13.8 Å². The lowest BCUT2D eigenvalue weighted by molar-refractivity contribution is 0.495. The lowest BCUT2D eigenvalue weighted by Crippen LogP contribution is -2.22. The molecule has 2 nitrogen and oxygen atoms in total. The van der Waals surface area contributed by atoms with E-state index in [0.717, 1.165) is 24.5 Å². The molecule has 0 aliphatic heterocycles. The minimum Gasteiger partial charge on any atom is -0.466 e. The van der Waals surface area contributed by atoms with Crippen molar-refractivity contribution in [1.82, 2.24) is 5.32 Å². The second-order valence-electron chi connectivity index (χ2n) is 4.95. The molecule has 19 heavy (non-hydrogen) atoms. The topological polar surface area (TPSA) is 25.2 Å². The van der Waals surface area contributed by atoms with E-state index in [2.05, 4.69) is 49.5 Å². The van der Waals surface area contributed by atoms with Crippen molar-refractivity contribution in [2.24, 2.45) is 0 Å². The first-order valence-corrected chi connectivity index (χ1v) is 7.04. The van der Waals surface area contributed by atoms with Crippen LogP contribution in [0.3, 0.4) is 0 Å². The van der Waals surface area contributed by atoms with Crippen molar-refractivity contribution in [2.45, 2.75) is 40.2 Å². The average molecular weight is 257 g/mol. The third-order valence-electron chi connectivity index (χ3n) is 3.52. The maximum atomic E-state index is 5.67. The van der Waals surface area contributed by atoms with Crippen LogP contribution in [0.2, 0.25) is 0 Å². The van der Waals surface area contributed by atoms with Crippen LogP contribution in [0.15, 0.2) is 34.7 Å². The van der Waals surface area contributed by atoms with E-state index in [1.165, 1.54) is 16.7 Å². The quantitative estimate of drug-likeness (QED) is 0.870.